The highest BCUT2D eigenvalue weighted by molar-refractivity contribution is 8.15. The van der Waals surface area contributed by atoms with E-state index in [0.29, 0.717) is 22.2 Å². The molecule has 0 unspecified atom stereocenters. The molecule has 0 radical (unpaired) electrons. The van der Waals surface area contributed by atoms with Crippen molar-refractivity contribution in [1.29, 1.82) is 0 Å². The van der Waals surface area contributed by atoms with Crippen LogP contribution in [0.3, 0.4) is 0 Å². The molecule has 94 valence electrons. The van der Waals surface area contributed by atoms with E-state index in [-0.39, 0.29) is 11.7 Å². The number of amidine groups is 1. The number of rotatable bonds is 3. The summed E-state index contributed by atoms with van der Waals surface area (Å²) >= 11 is 1.30. The molecule has 0 atom stereocenters. The van der Waals surface area contributed by atoms with Crippen LogP contribution in [-0.4, -0.2) is 35.3 Å². The molecule has 1 aliphatic heterocycles. The van der Waals surface area contributed by atoms with Gasteiger partial charge in [0.05, 0.1) is 19.1 Å². The van der Waals surface area contributed by atoms with Crippen LogP contribution in [0.25, 0.3) is 0 Å². The Bertz CT molecular complexity index is 528. The largest absolute Gasteiger partial charge is 0.508 e. The number of carbonyl (C=O) groups excluding carboxylic acids is 1. The molecule has 1 aromatic rings. The van der Waals surface area contributed by atoms with Gasteiger partial charge in [-0.25, -0.2) is 0 Å². The van der Waals surface area contributed by atoms with Gasteiger partial charge < -0.3 is 15.2 Å². The molecule has 1 aliphatic rings. The van der Waals surface area contributed by atoms with Gasteiger partial charge in [0.1, 0.15) is 11.5 Å². The first-order valence-corrected chi connectivity index (χ1v) is 6.08. The van der Waals surface area contributed by atoms with Gasteiger partial charge in [0.2, 0.25) is 5.91 Å². The Morgan fingerprint density at radius 2 is 2.39 bits per heavy atom. The van der Waals surface area contributed by atoms with E-state index < -0.39 is 0 Å². The predicted octanol–water partition coefficient (Wildman–Crippen LogP) is 0.954. The molecule has 1 amide bonds. The van der Waals surface area contributed by atoms with Crippen molar-refractivity contribution in [1.82, 2.24) is 5.32 Å². The first-order chi connectivity index (χ1) is 8.69. The average Bonchev–Trinajstić information content (AvgIpc) is 2.77. The Morgan fingerprint density at radius 1 is 1.56 bits per heavy atom. The van der Waals surface area contributed by atoms with Crippen LogP contribution in [0.15, 0.2) is 28.4 Å². The number of amides is 1. The lowest BCUT2D eigenvalue weighted by Gasteiger charge is -2.03. The molecule has 2 rings (SSSR count). The van der Waals surface area contributed by atoms with Crippen LogP contribution in [0.5, 0.6) is 11.5 Å². The SMILES string of the molecule is COc1cc(O)ccc1C=NN=C1NC(=O)CS1. The summed E-state index contributed by atoms with van der Waals surface area (Å²) in [7, 11) is 1.51. The van der Waals surface area contributed by atoms with E-state index in [1.54, 1.807) is 6.07 Å². The van der Waals surface area contributed by atoms with Gasteiger partial charge in [0.25, 0.3) is 0 Å². The van der Waals surface area contributed by atoms with Crippen molar-refractivity contribution >= 4 is 29.1 Å². The predicted molar refractivity (Wildman–Crippen MR) is 70.3 cm³/mol. The molecule has 0 bridgehead atoms. The van der Waals surface area contributed by atoms with E-state index >= 15 is 0 Å². The topological polar surface area (TPSA) is 83.3 Å². The second-order valence-electron chi connectivity index (χ2n) is 3.41. The molecule has 1 fully saturated rings. The molecule has 2 N–H and O–H groups in total. The highest BCUT2D eigenvalue weighted by Gasteiger charge is 2.15. The summed E-state index contributed by atoms with van der Waals surface area (Å²) < 4.78 is 5.09. The molecule has 1 heterocycles. The molecular formula is C11H11N3O3S. The van der Waals surface area contributed by atoms with Crippen LogP contribution in [-0.2, 0) is 4.79 Å². The van der Waals surface area contributed by atoms with Crippen LogP contribution in [0.2, 0.25) is 0 Å². The van der Waals surface area contributed by atoms with Crippen LogP contribution in [0, 0.1) is 0 Å². The van der Waals surface area contributed by atoms with Crippen LogP contribution in [0.1, 0.15) is 5.56 Å². The molecule has 0 aromatic heterocycles. The van der Waals surface area contributed by atoms with E-state index in [2.05, 4.69) is 15.5 Å². The van der Waals surface area contributed by atoms with Crippen LogP contribution < -0.4 is 10.1 Å². The number of nitrogens with zero attached hydrogens (tertiary/aromatic N) is 2. The fraction of sp³-hybridized carbons (Fsp3) is 0.182. The number of phenolic OH excluding ortho intramolecular Hbond substituents is 1. The van der Waals surface area contributed by atoms with Gasteiger partial charge in [-0.05, 0) is 12.1 Å². The van der Waals surface area contributed by atoms with Gasteiger partial charge >= 0.3 is 0 Å². The third kappa shape index (κ3) is 3.01. The highest BCUT2D eigenvalue weighted by Crippen LogP contribution is 2.22. The average molecular weight is 265 g/mol. The van der Waals surface area contributed by atoms with Gasteiger partial charge in [-0.1, -0.05) is 11.8 Å². The highest BCUT2D eigenvalue weighted by atomic mass is 32.2. The maximum atomic E-state index is 10.9. The van der Waals surface area contributed by atoms with Crippen molar-refractivity contribution in [3.8, 4) is 11.5 Å². The summed E-state index contributed by atoms with van der Waals surface area (Å²) in [6.45, 7) is 0. The van der Waals surface area contributed by atoms with Gasteiger partial charge in [-0.15, -0.1) is 5.10 Å². The fourth-order valence-electron chi connectivity index (χ4n) is 1.33. The molecule has 0 aliphatic carbocycles. The summed E-state index contributed by atoms with van der Waals surface area (Å²) in [5, 5.41) is 20.1. The van der Waals surface area contributed by atoms with Crippen LogP contribution >= 0.6 is 11.8 Å². The molecule has 1 aromatic carbocycles. The maximum Gasteiger partial charge on any atom is 0.236 e. The zero-order chi connectivity index (χ0) is 13.0. The van der Waals surface area contributed by atoms with Crippen molar-refractivity contribution in [3.63, 3.8) is 0 Å². The molecule has 18 heavy (non-hydrogen) atoms. The lowest BCUT2D eigenvalue weighted by atomic mass is 10.2. The monoisotopic (exact) mass is 265 g/mol. The van der Waals surface area contributed by atoms with Crippen molar-refractivity contribution in [2.24, 2.45) is 10.2 Å². The Labute approximate surface area is 108 Å². The Hall–Kier alpha value is -2.02. The molecule has 7 heteroatoms. The number of nitrogens with one attached hydrogen (secondary N) is 1. The summed E-state index contributed by atoms with van der Waals surface area (Å²) in [5.41, 5.74) is 0.689. The zero-order valence-electron chi connectivity index (χ0n) is 9.58. The smallest absolute Gasteiger partial charge is 0.236 e. The number of benzene rings is 1. The number of carbonyl (C=O) groups is 1. The standard InChI is InChI=1S/C11H11N3O3S/c1-17-9-4-8(15)3-2-7(9)5-12-14-11-13-10(16)6-18-11/h2-5,15H,6H2,1H3,(H,13,14,16). The maximum absolute atomic E-state index is 10.9. The van der Waals surface area contributed by atoms with Crippen molar-refractivity contribution < 1.29 is 14.6 Å². The van der Waals surface area contributed by atoms with E-state index in [1.807, 2.05) is 0 Å². The normalized spacial score (nSPS) is 17.4. The number of thioether (sulfide) groups is 1. The number of phenols is 1. The number of methoxy groups -OCH3 is 1. The lowest BCUT2D eigenvalue weighted by molar-refractivity contribution is -0.116. The van der Waals surface area contributed by atoms with E-state index in [4.69, 9.17) is 4.74 Å². The van der Waals surface area contributed by atoms with E-state index in [1.165, 1.54) is 37.2 Å². The molecule has 0 saturated carbocycles. The minimum atomic E-state index is -0.0730. The molecular weight excluding hydrogens is 254 g/mol. The molecule has 6 nitrogen and oxygen atoms in total. The van der Waals surface area contributed by atoms with Crippen molar-refractivity contribution in [2.45, 2.75) is 0 Å². The van der Waals surface area contributed by atoms with Gasteiger partial charge in [-0.3, -0.25) is 4.79 Å². The van der Waals surface area contributed by atoms with Gasteiger partial charge in [0, 0.05) is 11.6 Å². The summed E-state index contributed by atoms with van der Waals surface area (Å²) in [5.74, 6) is 0.920. The summed E-state index contributed by atoms with van der Waals surface area (Å²) in [6, 6.07) is 4.68. The third-order valence-electron chi connectivity index (χ3n) is 2.15. The van der Waals surface area contributed by atoms with Crippen molar-refractivity contribution in [2.75, 3.05) is 12.9 Å². The number of aromatic hydroxyl groups is 1. The van der Waals surface area contributed by atoms with E-state index in [9.17, 15) is 9.90 Å². The van der Waals surface area contributed by atoms with Gasteiger partial charge in [-0.2, -0.15) is 5.10 Å². The number of ether oxygens (including phenoxy) is 1. The first kappa shape index (κ1) is 12.4. The minimum Gasteiger partial charge on any atom is -0.508 e. The first-order valence-electron chi connectivity index (χ1n) is 5.09. The number of hydrogen-bond donors (Lipinski definition) is 2. The van der Waals surface area contributed by atoms with Crippen LogP contribution in [0.4, 0.5) is 0 Å². The van der Waals surface area contributed by atoms with Gasteiger partial charge in [0.15, 0.2) is 5.17 Å². The molecule has 0 spiro atoms. The molecule has 1 saturated heterocycles. The number of hydrogen-bond acceptors (Lipinski definition) is 6. The Kier molecular flexibility index (Phi) is 3.83. The van der Waals surface area contributed by atoms with Crippen molar-refractivity contribution in [3.05, 3.63) is 23.8 Å². The zero-order valence-corrected chi connectivity index (χ0v) is 10.4. The van der Waals surface area contributed by atoms with E-state index in [0.717, 1.165) is 0 Å². The Morgan fingerprint density at radius 3 is 3.06 bits per heavy atom. The fourth-order valence-corrected chi connectivity index (χ4v) is 1.96. The third-order valence-corrected chi connectivity index (χ3v) is 3.01. The Balaban J connectivity index is 2.11. The summed E-state index contributed by atoms with van der Waals surface area (Å²) in [4.78, 5) is 10.9. The lowest BCUT2D eigenvalue weighted by Crippen LogP contribution is -2.19. The second-order valence-corrected chi connectivity index (χ2v) is 4.38. The minimum absolute atomic E-state index is 0.0730. The summed E-state index contributed by atoms with van der Waals surface area (Å²) in [6.07, 6.45) is 1.50. The quantitative estimate of drug-likeness (QED) is 0.629. The second kappa shape index (κ2) is 5.54.